The van der Waals surface area contributed by atoms with Crippen molar-refractivity contribution in [2.45, 2.75) is 32.2 Å². The summed E-state index contributed by atoms with van der Waals surface area (Å²) in [7, 11) is 2.04. The normalized spacial score (nSPS) is 11.0. The molecule has 0 amide bonds. The fourth-order valence-electron chi connectivity index (χ4n) is 2.11. The Kier molecular flexibility index (Phi) is 5.49. The largest absolute Gasteiger partial charge is 0.355 e. The van der Waals surface area contributed by atoms with Crippen molar-refractivity contribution in [3.63, 3.8) is 0 Å². The second kappa shape index (κ2) is 7.15. The van der Waals surface area contributed by atoms with Crippen LogP contribution in [0.1, 0.15) is 36.6 Å². The van der Waals surface area contributed by atoms with E-state index >= 15 is 0 Å². The van der Waals surface area contributed by atoms with Gasteiger partial charge >= 0.3 is 0 Å². The number of hydrogen-bond donors (Lipinski definition) is 0. The van der Waals surface area contributed by atoms with Crippen molar-refractivity contribution in [2.75, 3.05) is 11.9 Å². The van der Waals surface area contributed by atoms with Gasteiger partial charge in [0, 0.05) is 30.2 Å². The standard InChI is InChI=1S/C17H20Cl2N2/c1-12(2)16-8-14(10-18)9-17(20-16)21(3)11-13-4-6-15(19)7-5-13/h4-9,12H,10-11H2,1-3H3. The number of halogens is 2. The van der Waals surface area contributed by atoms with Crippen LogP contribution < -0.4 is 4.90 Å². The zero-order chi connectivity index (χ0) is 15.4. The SMILES string of the molecule is CC(C)c1cc(CCl)cc(N(C)Cc2ccc(Cl)cc2)n1. The van der Waals surface area contributed by atoms with Crippen molar-refractivity contribution in [3.8, 4) is 0 Å². The van der Waals surface area contributed by atoms with Crippen molar-refractivity contribution in [1.29, 1.82) is 0 Å². The fourth-order valence-corrected chi connectivity index (χ4v) is 2.39. The Morgan fingerprint density at radius 3 is 2.33 bits per heavy atom. The van der Waals surface area contributed by atoms with Gasteiger partial charge in [0.1, 0.15) is 5.82 Å². The second-order valence-corrected chi connectivity index (χ2v) is 6.23. The highest BCUT2D eigenvalue weighted by atomic mass is 35.5. The quantitative estimate of drug-likeness (QED) is 0.700. The summed E-state index contributed by atoms with van der Waals surface area (Å²) in [4.78, 5) is 6.87. The molecule has 1 aromatic heterocycles. The minimum atomic E-state index is 0.385. The molecule has 0 spiro atoms. The predicted octanol–water partition coefficient (Wildman–Crippen LogP) is 5.23. The third-order valence-corrected chi connectivity index (χ3v) is 3.92. The van der Waals surface area contributed by atoms with Crippen molar-refractivity contribution < 1.29 is 0 Å². The van der Waals surface area contributed by atoms with Crippen LogP contribution in [0, 0.1) is 0 Å². The van der Waals surface area contributed by atoms with Crippen LogP contribution in [-0.4, -0.2) is 12.0 Å². The highest BCUT2D eigenvalue weighted by molar-refractivity contribution is 6.30. The molecule has 1 aromatic carbocycles. The number of benzene rings is 1. The molecule has 0 aliphatic rings. The molecule has 21 heavy (non-hydrogen) atoms. The first kappa shape index (κ1) is 16.1. The predicted molar refractivity (Wildman–Crippen MR) is 91.4 cm³/mol. The first-order valence-corrected chi connectivity index (χ1v) is 7.93. The van der Waals surface area contributed by atoms with Gasteiger partial charge in [0.15, 0.2) is 0 Å². The van der Waals surface area contributed by atoms with Gasteiger partial charge in [-0.15, -0.1) is 11.6 Å². The maximum atomic E-state index is 6.00. The lowest BCUT2D eigenvalue weighted by Crippen LogP contribution is -2.18. The summed E-state index contributed by atoms with van der Waals surface area (Å²) in [6.07, 6.45) is 0. The average Bonchev–Trinajstić information content (AvgIpc) is 2.49. The van der Waals surface area contributed by atoms with Crippen LogP contribution in [0.25, 0.3) is 0 Å². The lowest BCUT2D eigenvalue weighted by Gasteiger charge is -2.20. The summed E-state index contributed by atoms with van der Waals surface area (Å²) < 4.78 is 0. The molecule has 0 saturated heterocycles. The summed E-state index contributed by atoms with van der Waals surface area (Å²) in [6.45, 7) is 5.07. The molecule has 0 N–H and O–H groups in total. The highest BCUT2D eigenvalue weighted by Crippen LogP contribution is 2.22. The molecule has 0 fully saturated rings. The first-order chi connectivity index (χ1) is 9.99. The lowest BCUT2D eigenvalue weighted by atomic mass is 10.1. The monoisotopic (exact) mass is 322 g/mol. The zero-order valence-corrected chi connectivity index (χ0v) is 14.1. The lowest BCUT2D eigenvalue weighted by molar-refractivity contribution is 0.803. The Balaban J connectivity index is 2.23. The minimum Gasteiger partial charge on any atom is -0.355 e. The molecular weight excluding hydrogens is 303 g/mol. The van der Waals surface area contributed by atoms with Gasteiger partial charge in [-0.3, -0.25) is 0 Å². The number of nitrogens with zero attached hydrogens (tertiary/aromatic N) is 2. The minimum absolute atomic E-state index is 0.385. The van der Waals surface area contributed by atoms with Crippen molar-refractivity contribution in [2.24, 2.45) is 0 Å². The number of aromatic nitrogens is 1. The maximum absolute atomic E-state index is 6.00. The molecule has 2 rings (SSSR count). The van der Waals surface area contributed by atoms with Crippen molar-refractivity contribution >= 4 is 29.0 Å². The third-order valence-electron chi connectivity index (χ3n) is 3.36. The molecular formula is C17H20Cl2N2. The van der Waals surface area contributed by atoms with Gasteiger partial charge in [0.2, 0.25) is 0 Å². The van der Waals surface area contributed by atoms with Crippen LogP contribution in [-0.2, 0) is 12.4 Å². The Hall–Kier alpha value is -1.25. The second-order valence-electron chi connectivity index (χ2n) is 5.53. The van der Waals surface area contributed by atoms with Crippen LogP contribution in [0.5, 0.6) is 0 Å². The van der Waals surface area contributed by atoms with E-state index in [4.69, 9.17) is 28.2 Å². The molecule has 0 atom stereocenters. The Bertz CT molecular complexity index is 594. The van der Waals surface area contributed by atoms with E-state index in [2.05, 4.69) is 30.9 Å². The number of alkyl halides is 1. The van der Waals surface area contributed by atoms with E-state index in [-0.39, 0.29) is 0 Å². The number of hydrogen-bond acceptors (Lipinski definition) is 2. The van der Waals surface area contributed by atoms with Crippen LogP contribution >= 0.6 is 23.2 Å². The molecule has 0 unspecified atom stereocenters. The van der Waals surface area contributed by atoms with E-state index in [0.717, 1.165) is 28.6 Å². The van der Waals surface area contributed by atoms with E-state index < -0.39 is 0 Å². The number of rotatable bonds is 5. The van der Waals surface area contributed by atoms with E-state index in [9.17, 15) is 0 Å². The first-order valence-electron chi connectivity index (χ1n) is 7.02. The molecule has 2 aromatic rings. The molecule has 0 aliphatic carbocycles. The maximum Gasteiger partial charge on any atom is 0.129 e. The Labute approximate surface area is 136 Å². The summed E-state index contributed by atoms with van der Waals surface area (Å²) in [6, 6.07) is 12.0. The summed E-state index contributed by atoms with van der Waals surface area (Å²) in [5.74, 6) is 1.84. The van der Waals surface area contributed by atoms with Crippen molar-refractivity contribution in [1.82, 2.24) is 4.98 Å². The molecule has 4 heteroatoms. The van der Waals surface area contributed by atoms with Crippen LogP contribution in [0.2, 0.25) is 5.02 Å². The average molecular weight is 323 g/mol. The summed E-state index contributed by atoms with van der Waals surface area (Å²) in [5.41, 5.74) is 3.38. The Morgan fingerprint density at radius 2 is 1.76 bits per heavy atom. The Morgan fingerprint density at radius 1 is 1.10 bits per heavy atom. The van der Waals surface area contributed by atoms with Gasteiger partial charge in [0.25, 0.3) is 0 Å². The van der Waals surface area contributed by atoms with Gasteiger partial charge in [-0.05, 0) is 41.3 Å². The summed E-state index contributed by atoms with van der Waals surface area (Å²) in [5, 5.41) is 0.755. The topological polar surface area (TPSA) is 16.1 Å². The smallest absolute Gasteiger partial charge is 0.129 e. The molecule has 0 aliphatic heterocycles. The van der Waals surface area contributed by atoms with Gasteiger partial charge < -0.3 is 4.90 Å². The number of pyridine rings is 1. The summed E-state index contributed by atoms with van der Waals surface area (Å²) >= 11 is 11.9. The van der Waals surface area contributed by atoms with E-state index in [1.807, 2.05) is 31.3 Å². The van der Waals surface area contributed by atoms with Crippen molar-refractivity contribution in [3.05, 3.63) is 58.2 Å². The van der Waals surface area contributed by atoms with E-state index in [1.54, 1.807) is 0 Å². The molecule has 0 bridgehead atoms. The van der Waals surface area contributed by atoms with Crippen LogP contribution in [0.4, 0.5) is 5.82 Å². The molecule has 1 heterocycles. The zero-order valence-electron chi connectivity index (χ0n) is 12.6. The molecule has 112 valence electrons. The molecule has 0 radical (unpaired) electrons. The molecule has 0 saturated carbocycles. The van der Waals surface area contributed by atoms with Crippen LogP contribution in [0.15, 0.2) is 36.4 Å². The van der Waals surface area contributed by atoms with Gasteiger partial charge in [0.05, 0.1) is 0 Å². The third kappa shape index (κ3) is 4.36. The van der Waals surface area contributed by atoms with E-state index in [0.29, 0.717) is 11.8 Å². The van der Waals surface area contributed by atoms with Crippen LogP contribution in [0.3, 0.4) is 0 Å². The number of anilines is 1. The highest BCUT2D eigenvalue weighted by Gasteiger charge is 2.10. The van der Waals surface area contributed by atoms with Gasteiger partial charge in [-0.2, -0.15) is 0 Å². The molecule has 2 nitrogen and oxygen atoms in total. The van der Waals surface area contributed by atoms with Gasteiger partial charge in [-0.25, -0.2) is 4.98 Å². The fraction of sp³-hybridized carbons (Fsp3) is 0.353. The van der Waals surface area contributed by atoms with Gasteiger partial charge in [-0.1, -0.05) is 37.6 Å². The van der Waals surface area contributed by atoms with E-state index in [1.165, 1.54) is 5.56 Å².